The molecule has 12 atom stereocenters. The summed E-state index contributed by atoms with van der Waals surface area (Å²) >= 11 is 0. The van der Waals surface area contributed by atoms with Gasteiger partial charge in [0.1, 0.15) is 5.78 Å². The van der Waals surface area contributed by atoms with Gasteiger partial charge in [0.05, 0.1) is 18.3 Å². The standard InChI is InChI=1S/C29H50O4/c1-7-19(16(2)3)27(33)26(32)17(4)21-8-9-22-20-15-25(31)24-14-18(30)10-12-29(24,6)23(20)11-13-28(21,22)5/h16-24,26-27,30,32-33H,7-15H2,1-6H3/t17-,18-,19-,20?,21+,22?,23?,24?,26+,27+,28+,29+/m0/s1. The zero-order valence-corrected chi connectivity index (χ0v) is 22.0. The van der Waals surface area contributed by atoms with E-state index in [1.807, 2.05) is 0 Å². The fourth-order valence-corrected chi connectivity index (χ4v) is 9.83. The number of carbonyl (C=O) groups is 1. The molecule has 4 fully saturated rings. The summed E-state index contributed by atoms with van der Waals surface area (Å²) in [7, 11) is 0. The lowest BCUT2D eigenvalue weighted by atomic mass is 9.44. The molecule has 0 amide bonds. The highest BCUT2D eigenvalue weighted by Gasteiger charge is 2.63. The summed E-state index contributed by atoms with van der Waals surface area (Å²) in [5, 5.41) is 32.6. The maximum atomic E-state index is 13.3. The van der Waals surface area contributed by atoms with Crippen molar-refractivity contribution in [1.29, 1.82) is 0 Å². The van der Waals surface area contributed by atoms with Gasteiger partial charge in [0.25, 0.3) is 0 Å². The first-order chi connectivity index (χ1) is 15.5. The maximum absolute atomic E-state index is 13.3. The molecule has 33 heavy (non-hydrogen) atoms. The van der Waals surface area contributed by atoms with E-state index in [9.17, 15) is 20.1 Å². The van der Waals surface area contributed by atoms with Crippen LogP contribution in [0, 0.1) is 58.2 Å². The van der Waals surface area contributed by atoms with E-state index < -0.39 is 12.2 Å². The van der Waals surface area contributed by atoms with Crippen LogP contribution < -0.4 is 0 Å². The number of hydrogen-bond donors (Lipinski definition) is 3. The van der Waals surface area contributed by atoms with Crippen LogP contribution in [0.1, 0.15) is 99.3 Å². The molecule has 4 saturated carbocycles. The van der Waals surface area contributed by atoms with E-state index in [1.54, 1.807) is 0 Å². The highest BCUT2D eigenvalue weighted by atomic mass is 16.3. The number of fused-ring (bicyclic) bond motifs is 5. The molecule has 4 aliphatic rings. The molecule has 0 aromatic heterocycles. The molecule has 0 aromatic rings. The molecule has 4 nitrogen and oxygen atoms in total. The smallest absolute Gasteiger partial charge is 0.136 e. The summed E-state index contributed by atoms with van der Waals surface area (Å²) in [5.41, 5.74) is 0.185. The summed E-state index contributed by atoms with van der Waals surface area (Å²) in [4.78, 5) is 13.3. The monoisotopic (exact) mass is 462 g/mol. The second-order valence-corrected chi connectivity index (χ2v) is 13.4. The summed E-state index contributed by atoms with van der Waals surface area (Å²) in [5.74, 6) is 2.94. The molecule has 3 N–H and O–H groups in total. The highest BCUT2D eigenvalue weighted by molar-refractivity contribution is 5.83. The molecular formula is C29H50O4. The van der Waals surface area contributed by atoms with E-state index in [1.165, 1.54) is 6.42 Å². The van der Waals surface area contributed by atoms with Crippen molar-refractivity contribution in [2.45, 2.75) is 118 Å². The van der Waals surface area contributed by atoms with E-state index in [0.717, 1.165) is 38.5 Å². The first-order valence-electron chi connectivity index (χ1n) is 14.0. The van der Waals surface area contributed by atoms with E-state index in [0.29, 0.717) is 48.2 Å². The van der Waals surface area contributed by atoms with Crippen LogP contribution in [0.3, 0.4) is 0 Å². The van der Waals surface area contributed by atoms with Gasteiger partial charge in [-0.05, 0) is 97.2 Å². The Morgan fingerprint density at radius 2 is 1.58 bits per heavy atom. The van der Waals surface area contributed by atoms with Gasteiger partial charge in [-0.2, -0.15) is 0 Å². The van der Waals surface area contributed by atoms with Crippen LogP contribution in [0.4, 0.5) is 0 Å². The van der Waals surface area contributed by atoms with Crippen LogP contribution >= 0.6 is 0 Å². The van der Waals surface area contributed by atoms with Crippen molar-refractivity contribution in [2.75, 3.05) is 0 Å². The number of ketones is 1. The third-order valence-electron chi connectivity index (χ3n) is 11.8. The molecule has 4 aliphatic carbocycles. The average molecular weight is 463 g/mol. The zero-order valence-electron chi connectivity index (χ0n) is 22.0. The predicted molar refractivity (Wildman–Crippen MR) is 131 cm³/mol. The summed E-state index contributed by atoms with van der Waals surface area (Å²) in [6, 6.07) is 0. The Balaban J connectivity index is 1.54. The van der Waals surface area contributed by atoms with Crippen molar-refractivity contribution >= 4 is 5.78 Å². The maximum Gasteiger partial charge on any atom is 0.136 e. The minimum Gasteiger partial charge on any atom is -0.393 e. The number of hydrogen-bond acceptors (Lipinski definition) is 4. The van der Waals surface area contributed by atoms with Crippen molar-refractivity contribution in [3.05, 3.63) is 0 Å². The quantitative estimate of drug-likeness (QED) is 0.505. The van der Waals surface area contributed by atoms with E-state index in [-0.39, 0.29) is 34.7 Å². The first-order valence-corrected chi connectivity index (χ1v) is 14.0. The third kappa shape index (κ3) is 4.04. The Morgan fingerprint density at radius 3 is 2.21 bits per heavy atom. The summed E-state index contributed by atoms with van der Waals surface area (Å²) in [6.07, 6.45) is 6.96. The molecule has 0 radical (unpaired) electrons. The molecule has 0 saturated heterocycles. The number of aliphatic hydroxyl groups excluding tert-OH is 3. The van der Waals surface area contributed by atoms with Crippen LogP contribution in [-0.4, -0.2) is 39.4 Å². The van der Waals surface area contributed by atoms with Crippen molar-refractivity contribution < 1.29 is 20.1 Å². The number of Topliss-reactive ketones (excluding diaryl/α,β-unsaturated/α-hetero) is 1. The second-order valence-electron chi connectivity index (χ2n) is 13.4. The molecule has 0 spiro atoms. The van der Waals surface area contributed by atoms with E-state index >= 15 is 0 Å². The largest absolute Gasteiger partial charge is 0.393 e. The van der Waals surface area contributed by atoms with Gasteiger partial charge in [0, 0.05) is 12.3 Å². The van der Waals surface area contributed by atoms with Crippen molar-refractivity contribution in [1.82, 2.24) is 0 Å². The van der Waals surface area contributed by atoms with Crippen LogP contribution in [0.25, 0.3) is 0 Å². The molecule has 0 aromatic carbocycles. The Morgan fingerprint density at radius 1 is 0.939 bits per heavy atom. The van der Waals surface area contributed by atoms with E-state index in [4.69, 9.17) is 0 Å². The van der Waals surface area contributed by atoms with Gasteiger partial charge in [0.15, 0.2) is 0 Å². The van der Waals surface area contributed by atoms with Gasteiger partial charge in [0.2, 0.25) is 0 Å². The minimum atomic E-state index is -0.689. The fraction of sp³-hybridized carbons (Fsp3) is 0.966. The lowest BCUT2D eigenvalue weighted by molar-refractivity contribution is -0.161. The topological polar surface area (TPSA) is 77.8 Å². The molecular weight excluding hydrogens is 412 g/mol. The molecule has 4 rings (SSSR count). The van der Waals surface area contributed by atoms with Gasteiger partial charge < -0.3 is 15.3 Å². The summed E-state index contributed by atoms with van der Waals surface area (Å²) in [6.45, 7) is 13.3. The molecule has 0 bridgehead atoms. The van der Waals surface area contributed by atoms with Crippen LogP contribution in [0.15, 0.2) is 0 Å². The number of rotatable bonds is 6. The molecule has 190 valence electrons. The van der Waals surface area contributed by atoms with Gasteiger partial charge in [-0.3, -0.25) is 4.79 Å². The number of aliphatic hydroxyl groups is 3. The van der Waals surface area contributed by atoms with Gasteiger partial charge >= 0.3 is 0 Å². The summed E-state index contributed by atoms with van der Waals surface area (Å²) < 4.78 is 0. The molecule has 4 unspecified atom stereocenters. The zero-order chi connectivity index (χ0) is 24.3. The first kappa shape index (κ1) is 25.6. The lowest BCUT2D eigenvalue weighted by Crippen LogP contribution is -2.57. The van der Waals surface area contributed by atoms with Crippen molar-refractivity contribution in [3.63, 3.8) is 0 Å². The second kappa shape index (κ2) is 9.21. The van der Waals surface area contributed by atoms with Crippen LogP contribution in [0.2, 0.25) is 0 Å². The normalized spacial score (nSPS) is 46.8. The van der Waals surface area contributed by atoms with Gasteiger partial charge in [-0.1, -0.05) is 48.0 Å². The highest BCUT2D eigenvalue weighted by Crippen LogP contribution is 2.67. The lowest BCUT2D eigenvalue weighted by Gasteiger charge is -2.60. The number of carbonyl (C=O) groups excluding carboxylic acids is 1. The van der Waals surface area contributed by atoms with Crippen molar-refractivity contribution in [3.8, 4) is 0 Å². The Bertz CT molecular complexity index is 720. The Kier molecular flexibility index (Phi) is 7.15. The van der Waals surface area contributed by atoms with Gasteiger partial charge in [-0.15, -0.1) is 0 Å². The molecule has 4 heteroatoms. The van der Waals surface area contributed by atoms with Crippen molar-refractivity contribution in [2.24, 2.45) is 58.2 Å². The average Bonchev–Trinajstić information content (AvgIpc) is 3.11. The predicted octanol–water partition coefficient (Wildman–Crippen LogP) is 5.23. The van der Waals surface area contributed by atoms with E-state index in [2.05, 4.69) is 41.5 Å². The van der Waals surface area contributed by atoms with Crippen LogP contribution in [0.5, 0.6) is 0 Å². The Labute approximate surface area is 201 Å². The fourth-order valence-electron chi connectivity index (χ4n) is 9.83. The molecule has 0 aliphatic heterocycles. The SMILES string of the molecule is CC[C@@H](C(C)C)[C@@H](O)[C@H](O)[C@@H](C)[C@H]1CCC2C3CC(=O)C4C[C@@H](O)CC[C@]4(C)C3CC[C@@]21C. The minimum absolute atomic E-state index is 0.0435. The third-order valence-corrected chi connectivity index (χ3v) is 11.8. The molecule has 0 heterocycles. The van der Waals surface area contributed by atoms with Crippen LogP contribution in [-0.2, 0) is 4.79 Å². The van der Waals surface area contributed by atoms with Gasteiger partial charge in [-0.25, -0.2) is 0 Å². The Hall–Kier alpha value is -0.450.